The molecule has 0 aliphatic heterocycles. The van der Waals surface area contributed by atoms with Gasteiger partial charge in [0.05, 0.1) is 6.61 Å². The second-order valence-electron chi connectivity index (χ2n) is 3.22. The van der Waals surface area contributed by atoms with Crippen molar-refractivity contribution >= 4 is 28.6 Å². The lowest BCUT2D eigenvalue weighted by Crippen LogP contribution is -2.55. The van der Waals surface area contributed by atoms with E-state index in [2.05, 4.69) is 4.74 Å². The Balaban J connectivity index is 5.12. The van der Waals surface area contributed by atoms with Crippen molar-refractivity contribution in [3.8, 4) is 0 Å². The largest absolute Gasteiger partial charge is 0.465 e. The Morgan fingerprint density at radius 2 is 1.50 bits per heavy atom. The summed E-state index contributed by atoms with van der Waals surface area (Å²) in [5.41, 5.74) is -5.43. The highest BCUT2D eigenvalue weighted by Crippen LogP contribution is 2.49. The van der Waals surface area contributed by atoms with Crippen molar-refractivity contribution in [3.63, 3.8) is 0 Å². The van der Waals surface area contributed by atoms with Crippen molar-refractivity contribution < 1.29 is 40.3 Å². The van der Waals surface area contributed by atoms with Crippen LogP contribution in [0, 0.1) is 0 Å². The van der Waals surface area contributed by atoms with E-state index in [1.165, 1.54) is 6.92 Å². The Morgan fingerprint density at radius 3 is 1.78 bits per heavy atom. The maximum absolute atomic E-state index is 13.2. The van der Waals surface area contributed by atoms with Gasteiger partial charge in [0.2, 0.25) is 0 Å². The van der Waals surface area contributed by atoms with E-state index in [9.17, 15) is 35.5 Å². The summed E-state index contributed by atoms with van der Waals surface area (Å²) in [6, 6.07) is 0. The number of ether oxygens (including phenoxy) is 1. The molecular weight excluding hydrogens is 388 g/mol. The molecule has 0 aliphatic rings. The average molecular weight is 396 g/mol. The van der Waals surface area contributed by atoms with E-state index in [1.807, 2.05) is 0 Å². The molecule has 0 N–H and O–H groups in total. The minimum Gasteiger partial charge on any atom is -0.465 e. The van der Waals surface area contributed by atoms with Crippen molar-refractivity contribution in [3.05, 3.63) is 0 Å². The van der Waals surface area contributed by atoms with Crippen molar-refractivity contribution in [2.24, 2.45) is 0 Å². The summed E-state index contributed by atoms with van der Waals surface area (Å²) in [6.07, 6.45) is -14.4. The number of hydrogen-bond acceptors (Lipinski definition) is 2. The van der Waals surface area contributed by atoms with Gasteiger partial charge < -0.3 is 4.74 Å². The molecule has 0 aromatic heterocycles. The van der Waals surface area contributed by atoms with Gasteiger partial charge in [-0.25, -0.2) is 4.39 Å². The van der Waals surface area contributed by atoms with E-state index >= 15 is 0 Å². The quantitative estimate of drug-likeness (QED) is 0.315. The van der Waals surface area contributed by atoms with Crippen LogP contribution in [0.1, 0.15) is 13.3 Å². The second kappa shape index (κ2) is 5.78. The smallest absolute Gasteiger partial charge is 0.431 e. The lowest BCUT2D eigenvalue weighted by molar-refractivity contribution is -0.342. The molecule has 1 atom stereocenters. The Bertz CT molecular complexity index is 285. The predicted octanol–water partition coefficient (Wildman–Crippen LogP) is 3.58. The summed E-state index contributed by atoms with van der Waals surface area (Å²) in [5.74, 6) is -1.33. The molecule has 2 nitrogen and oxygen atoms in total. The van der Waals surface area contributed by atoms with E-state index in [0.717, 1.165) is 22.6 Å². The van der Waals surface area contributed by atoms with Gasteiger partial charge in [-0.2, -0.15) is 26.3 Å². The number of carbonyl (C=O) groups is 1. The lowest BCUT2D eigenvalue weighted by Gasteiger charge is -2.30. The summed E-state index contributed by atoms with van der Waals surface area (Å²) in [4.78, 5) is 10.9. The van der Waals surface area contributed by atoms with Gasteiger partial charge in [-0.1, -0.05) is 22.6 Å². The molecule has 10 heteroatoms. The van der Waals surface area contributed by atoms with E-state index in [-0.39, 0.29) is 6.61 Å². The van der Waals surface area contributed by atoms with E-state index in [4.69, 9.17) is 0 Å². The van der Waals surface area contributed by atoms with Crippen LogP contribution in [0.3, 0.4) is 0 Å². The zero-order chi connectivity index (χ0) is 14.8. The highest BCUT2D eigenvalue weighted by Gasteiger charge is 2.72. The minimum absolute atomic E-state index is 0.227. The van der Waals surface area contributed by atoms with Gasteiger partial charge in [-0.15, -0.1) is 0 Å². The number of rotatable bonds is 4. The molecule has 0 heterocycles. The fourth-order valence-corrected chi connectivity index (χ4v) is 1.74. The van der Waals surface area contributed by atoms with Gasteiger partial charge in [0, 0.05) is 6.42 Å². The Kier molecular flexibility index (Phi) is 5.69. The third-order valence-corrected chi connectivity index (χ3v) is 2.85. The van der Waals surface area contributed by atoms with Crippen LogP contribution in [0.15, 0.2) is 0 Å². The first kappa shape index (κ1) is 17.7. The number of hydrogen-bond donors (Lipinski definition) is 0. The molecule has 0 saturated heterocycles. The van der Waals surface area contributed by atoms with E-state index in [1.54, 1.807) is 0 Å². The van der Waals surface area contributed by atoms with Crippen LogP contribution in [0.5, 0.6) is 0 Å². The Hall–Kier alpha value is -0.290. The normalized spacial score (nSPS) is 15.4. The molecule has 0 aliphatic carbocycles. The zero-order valence-electron chi connectivity index (χ0n) is 8.83. The molecule has 0 aromatic rings. The van der Waals surface area contributed by atoms with Gasteiger partial charge in [0.15, 0.2) is 0 Å². The Morgan fingerprint density at radius 1 is 1.11 bits per heavy atom. The van der Waals surface area contributed by atoms with Gasteiger partial charge >= 0.3 is 24.0 Å². The van der Waals surface area contributed by atoms with E-state index < -0.39 is 34.3 Å². The lowest BCUT2D eigenvalue weighted by atomic mass is 9.98. The highest BCUT2D eigenvalue weighted by atomic mass is 127. The van der Waals surface area contributed by atoms with Crippen LogP contribution >= 0.6 is 22.6 Å². The van der Waals surface area contributed by atoms with Crippen LogP contribution in [0.4, 0.5) is 30.7 Å². The molecule has 18 heavy (non-hydrogen) atoms. The number of halogens is 8. The topological polar surface area (TPSA) is 26.3 Å². The van der Waals surface area contributed by atoms with Crippen LogP contribution < -0.4 is 0 Å². The molecular formula is C8H8F7IO2. The van der Waals surface area contributed by atoms with Crippen LogP contribution in [0.2, 0.25) is 0 Å². The third-order valence-electron chi connectivity index (χ3n) is 1.90. The standard InChI is InChI=1S/C8H8F7IO2/c1-2-18-5(17)4(16)3-6(9,7(10,11)12)8(13,14)15/h4H,2-3H2,1H3. The maximum Gasteiger partial charge on any atom is 0.431 e. The molecule has 0 amide bonds. The first-order chi connectivity index (χ1) is 7.87. The van der Waals surface area contributed by atoms with E-state index in [0.29, 0.717) is 0 Å². The summed E-state index contributed by atoms with van der Waals surface area (Å²) in [6.45, 7) is 1.09. The number of carbonyl (C=O) groups excluding carboxylic acids is 1. The van der Waals surface area contributed by atoms with Crippen molar-refractivity contribution in [1.82, 2.24) is 0 Å². The summed E-state index contributed by atoms with van der Waals surface area (Å²) < 4.78 is 88.5. The molecule has 0 fully saturated rings. The highest BCUT2D eigenvalue weighted by molar-refractivity contribution is 14.1. The first-order valence-electron chi connectivity index (χ1n) is 4.50. The Labute approximate surface area is 111 Å². The second-order valence-corrected chi connectivity index (χ2v) is 4.72. The molecule has 0 aromatic carbocycles. The van der Waals surface area contributed by atoms with Gasteiger partial charge in [0.25, 0.3) is 0 Å². The number of esters is 1. The fraction of sp³-hybridized carbons (Fsp3) is 0.875. The van der Waals surface area contributed by atoms with Gasteiger partial charge in [0.1, 0.15) is 3.92 Å². The maximum atomic E-state index is 13.2. The summed E-state index contributed by atoms with van der Waals surface area (Å²) in [7, 11) is 0. The summed E-state index contributed by atoms with van der Waals surface area (Å²) >= 11 is 0.982. The molecule has 0 spiro atoms. The number of alkyl halides is 8. The van der Waals surface area contributed by atoms with Crippen molar-refractivity contribution in [2.45, 2.75) is 35.3 Å². The monoisotopic (exact) mass is 396 g/mol. The fourth-order valence-electron chi connectivity index (χ4n) is 0.955. The van der Waals surface area contributed by atoms with Gasteiger partial charge in [-0.3, -0.25) is 4.79 Å². The summed E-state index contributed by atoms with van der Waals surface area (Å²) in [5, 5.41) is 0. The molecule has 0 rings (SSSR count). The molecule has 108 valence electrons. The van der Waals surface area contributed by atoms with Crippen LogP contribution in [0.25, 0.3) is 0 Å². The molecule has 0 radical (unpaired) electrons. The van der Waals surface area contributed by atoms with Gasteiger partial charge in [-0.05, 0) is 6.92 Å². The third kappa shape index (κ3) is 3.85. The minimum atomic E-state index is -6.15. The molecule has 0 saturated carbocycles. The predicted molar refractivity (Wildman–Crippen MR) is 55.0 cm³/mol. The SMILES string of the molecule is CCOC(=O)C(I)CC(F)(C(F)(F)F)C(F)(F)F. The van der Waals surface area contributed by atoms with Crippen LogP contribution in [-0.4, -0.2) is 34.5 Å². The van der Waals surface area contributed by atoms with Crippen molar-refractivity contribution in [1.29, 1.82) is 0 Å². The average Bonchev–Trinajstić information content (AvgIpc) is 2.14. The van der Waals surface area contributed by atoms with Crippen LogP contribution in [-0.2, 0) is 9.53 Å². The van der Waals surface area contributed by atoms with Crippen molar-refractivity contribution in [2.75, 3.05) is 6.61 Å². The zero-order valence-corrected chi connectivity index (χ0v) is 11.0. The molecule has 0 bridgehead atoms. The first-order valence-corrected chi connectivity index (χ1v) is 5.74. The molecule has 1 unspecified atom stereocenters.